The second kappa shape index (κ2) is 1.95. The van der Waals surface area contributed by atoms with Crippen LogP contribution in [0.25, 0.3) is 10.9 Å². The van der Waals surface area contributed by atoms with Crippen molar-refractivity contribution in [2.75, 3.05) is 5.73 Å². The van der Waals surface area contributed by atoms with Gasteiger partial charge in [-0.2, -0.15) is 5.10 Å². The Balaban J connectivity index is 2.87. The number of hydrogen-bond acceptors (Lipinski definition) is 3. The molecule has 0 unspecified atom stereocenters. The van der Waals surface area contributed by atoms with Crippen molar-refractivity contribution < 1.29 is 0 Å². The number of rotatable bonds is 0. The van der Waals surface area contributed by atoms with Gasteiger partial charge in [0.25, 0.3) is 0 Å². The van der Waals surface area contributed by atoms with E-state index in [4.69, 9.17) is 5.73 Å². The van der Waals surface area contributed by atoms with Crippen LogP contribution in [0.4, 0.5) is 5.82 Å². The van der Waals surface area contributed by atoms with E-state index in [0.29, 0.717) is 5.82 Å². The lowest BCUT2D eigenvalue weighted by Crippen LogP contribution is -1.92. The van der Waals surface area contributed by atoms with Crippen LogP contribution in [0.15, 0.2) is 18.5 Å². The van der Waals surface area contributed by atoms with Gasteiger partial charge in [0.15, 0.2) is 0 Å². The predicted octanol–water partition coefficient (Wildman–Crippen LogP) is 0.550. The Morgan fingerprint density at radius 2 is 2.27 bits per heavy atom. The molecule has 4 nitrogen and oxygen atoms in total. The first kappa shape index (κ1) is 6.15. The van der Waals surface area contributed by atoms with Gasteiger partial charge in [-0.1, -0.05) is 0 Å². The molecule has 0 aliphatic heterocycles. The average Bonchev–Trinajstić information content (AvgIpc) is 2.33. The Kier molecular flexibility index (Phi) is 1.09. The molecule has 2 rings (SSSR count). The van der Waals surface area contributed by atoms with Crippen molar-refractivity contribution in [2.45, 2.75) is 0 Å². The van der Waals surface area contributed by atoms with Crippen LogP contribution >= 0.6 is 0 Å². The minimum absolute atomic E-state index is 0.529. The van der Waals surface area contributed by atoms with Crippen molar-refractivity contribution in [3.63, 3.8) is 0 Å². The molecule has 0 aliphatic carbocycles. The molecule has 0 saturated carbocycles. The smallest absolute Gasteiger partial charge is 0.125 e. The highest BCUT2D eigenvalue weighted by atomic mass is 15.2. The maximum Gasteiger partial charge on any atom is 0.125 e. The molecule has 0 aliphatic rings. The fraction of sp³-hybridized carbons (Fsp3) is 0.143. The SMILES string of the molecule is Cn1ncc2cnc(N)cc21. The van der Waals surface area contributed by atoms with Crippen LogP contribution in [0.5, 0.6) is 0 Å². The van der Waals surface area contributed by atoms with Crippen LogP contribution in [0.3, 0.4) is 0 Å². The first-order chi connectivity index (χ1) is 5.27. The minimum Gasteiger partial charge on any atom is -0.384 e. The quantitative estimate of drug-likeness (QED) is 0.593. The number of anilines is 1. The van der Waals surface area contributed by atoms with Crippen molar-refractivity contribution in [3.8, 4) is 0 Å². The number of nitrogens with zero attached hydrogens (tertiary/aromatic N) is 3. The van der Waals surface area contributed by atoms with Gasteiger partial charge < -0.3 is 5.73 Å². The molecule has 56 valence electrons. The summed E-state index contributed by atoms with van der Waals surface area (Å²) < 4.78 is 1.77. The topological polar surface area (TPSA) is 56.7 Å². The first-order valence-corrected chi connectivity index (χ1v) is 3.30. The van der Waals surface area contributed by atoms with Crippen LogP contribution in [-0.4, -0.2) is 14.8 Å². The fourth-order valence-corrected chi connectivity index (χ4v) is 1.06. The lowest BCUT2D eigenvalue weighted by atomic mass is 10.3. The van der Waals surface area contributed by atoms with Crippen LogP contribution in [-0.2, 0) is 7.05 Å². The number of aryl methyl sites for hydroxylation is 1. The van der Waals surface area contributed by atoms with E-state index < -0.39 is 0 Å². The van der Waals surface area contributed by atoms with Gasteiger partial charge in [0.2, 0.25) is 0 Å². The number of nitrogens with two attached hydrogens (primary N) is 1. The summed E-state index contributed by atoms with van der Waals surface area (Å²) in [7, 11) is 1.88. The Labute approximate surface area is 63.6 Å². The van der Waals surface area contributed by atoms with E-state index in [2.05, 4.69) is 10.1 Å². The van der Waals surface area contributed by atoms with E-state index in [9.17, 15) is 0 Å². The number of nitrogen functional groups attached to an aromatic ring is 1. The Morgan fingerprint density at radius 1 is 1.45 bits per heavy atom. The van der Waals surface area contributed by atoms with Crippen molar-refractivity contribution in [3.05, 3.63) is 18.5 Å². The van der Waals surface area contributed by atoms with Gasteiger partial charge in [-0.15, -0.1) is 0 Å². The summed E-state index contributed by atoms with van der Waals surface area (Å²) in [5, 5.41) is 5.07. The van der Waals surface area contributed by atoms with E-state index in [0.717, 1.165) is 10.9 Å². The fourth-order valence-electron chi connectivity index (χ4n) is 1.06. The summed E-state index contributed by atoms with van der Waals surface area (Å²) in [4.78, 5) is 3.95. The predicted molar refractivity (Wildman–Crippen MR) is 42.9 cm³/mol. The molecular weight excluding hydrogens is 140 g/mol. The van der Waals surface area contributed by atoms with Crippen LogP contribution in [0.1, 0.15) is 0 Å². The molecule has 2 aromatic rings. The molecule has 0 amide bonds. The van der Waals surface area contributed by atoms with Gasteiger partial charge in [-0.25, -0.2) is 4.98 Å². The zero-order chi connectivity index (χ0) is 7.84. The van der Waals surface area contributed by atoms with Gasteiger partial charge in [0.05, 0.1) is 11.7 Å². The third-order valence-corrected chi connectivity index (χ3v) is 1.65. The molecule has 0 spiro atoms. The number of aromatic nitrogens is 3. The van der Waals surface area contributed by atoms with Crippen LogP contribution in [0.2, 0.25) is 0 Å². The Hall–Kier alpha value is -1.58. The van der Waals surface area contributed by atoms with Crippen LogP contribution < -0.4 is 5.73 Å². The summed E-state index contributed by atoms with van der Waals surface area (Å²) >= 11 is 0. The lowest BCUT2D eigenvalue weighted by Gasteiger charge is -1.93. The second-order valence-electron chi connectivity index (χ2n) is 2.44. The average molecular weight is 148 g/mol. The van der Waals surface area contributed by atoms with E-state index in [-0.39, 0.29) is 0 Å². The minimum atomic E-state index is 0.529. The van der Waals surface area contributed by atoms with E-state index in [1.54, 1.807) is 17.1 Å². The summed E-state index contributed by atoms with van der Waals surface area (Å²) in [6, 6.07) is 1.81. The molecule has 0 radical (unpaired) electrons. The molecule has 0 atom stereocenters. The molecule has 0 fully saturated rings. The van der Waals surface area contributed by atoms with Gasteiger partial charge in [0.1, 0.15) is 5.82 Å². The molecular formula is C7H8N4. The summed E-state index contributed by atoms with van der Waals surface area (Å²) in [6.45, 7) is 0. The molecule has 0 aromatic carbocycles. The van der Waals surface area contributed by atoms with Gasteiger partial charge in [-0.3, -0.25) is 4.68 Å². The van der Waals surface area contributed by atoms with Crippen molar-refractivity contribution in [1.82, 2.24) is 14.8 Å². The van der Waals surface area contributed by atoms with Crippen molar-refractivity contribution in [1.29, 1.82) is 0 Å². The molecule has 2 N–H and O–H groups in total. The second-order valence-corrected chi connectivity index (χ2v) is 2.44. The monoisotopic (exact) mass is 148 g/mol. The van der Waals surface area contributed by atoms with E-state index in [1.807, 2.05) is 13.1 Å². The van der Waals surface area contributed by atoms with Gasteiger partial charge in [0, 0.05) is 24.7 Å². The Morgan fingerprint density at radius 3 is 3.09 bits per heavy atom. The molecule has 0 bridgehead atoms. The lowest BCUT2D eigenvalue weighted by molar-refractivity contribution is 0.797. The molecule has 0 saturated heterocycles. The largest absolute Gasteiger partial charge is 0.384 e. The zero-order valence-electron chi connectivity index (χ0n) is 6.15. The highest BCUT2D eigenvalue weighted by Gasteiger charge is 1.98. The van der Waals surface area contributed by atoms with E-state index in [1.165, 1.54) is 0 Å². The third kappa shape index (κ3) is 0.832. The van der Waals surface area contributed by atoms with Crippen molar-refractivity contribution >= 4 is 16.7 Å². The maximum atomic E-state index is 5.50. The molecule has 4 heteroatoms. The molecule has 2 aromatic heterocycles. The number of fused-ring (bicyclic) bond motifs is 1. The summed E-state index contributed by atoms with van der Waals surface area (Å²) in [5.74, 6) is 0.529. The summed E-state index contributed by atoms with van der Waals surface area (Å²) in [6.07, 6.45) is 3.49. The third-order valence-electron chi connectivity index (χ3n) is 1.65. The van der Waals surface area contributed by atoms with Gasteiger partial charge in [-0.05, 0) is 0 Å². The summed E-state index contributed by atoms with van der Waals surface area (Å²) in [5.41, 5.74) is 6.51. The highest BCUT2D eigenvalue weighted by Crippen LogP contribution is 2.12. The van der Waals surface area contributed by atoms with Crippen molar-refractivity contribution in [2.24, 2.45) is 7.05 Å². The van der Waals surface area contributed by atoms with E-state index >= 15 is 0 Å². The highest BCUT2D eigenvalue weighted by molar-refractivity contribution is 5.79. The maximum absolute atomic E-state index is 5.50. The zero-order valence-corrected chi connectivity index (χ0v) is 6.15. The van der Waals surface area contributed by atoms with Crippen LogP contribution in [0, 0.1) is 0 Å². The van der Waals surface area contributed by atoms with Gasteiger partial charge >= 0.3 is 0 Å². The standard InChI is InChI=1S/C7H8N4/c1-11-6-2-7(8)9-3-5(6)4-10-11/h2-4H,1H3,(H2,8,9). The first-order valence-electron chi connectivity index (χ1n) is 3.30. The molecule has 11 heavy (non-hydrogen) atoms. The normalized spacial score (nSPS) is 10.6. The Bertz CT molecular complexity index is 390. The number of hydrogen-bond donors (Lipinski definition) is 1. The number of pyridine rings is 1. The molecule has 2 heterocycles.